The first-order valence-electron chi connectivity index (χ1n) is 10.4. The number of halogens is 1. The number of hydrogen-bond acceptors (Lipinski definition) is 6. The van der Waals surface area contributed by atoms with Crippen LogP contribution >= 0.6 is 0 Å². The number of benzene rings is 2. The molecule has 1 aliphatic rings. The van der Waals surface area contributed by atoms with Crippen LogP contribution < -0.4 is 21.3 Å². The zero-order chi connectivity index (χ0) is 24.3. The Hall–Kier alpha value is -4.60. The van der Waals surface area contributed by atoms with Gasteiger partial charge in [0, 0.05) is 23.6 Å². The molecule has 0 saturated heterocycles. The molecule has 9 nitrogen and oxygen atoms in total. The van der Waals surface area contributed by atoms with Gasteiger partial charge in [-0.1, -0.05) is 6.58 Å². The van der Waals surface area contributed by atoms with Crippen molar-refractivity contribution in [2.24, 2.45) is 11.1 Å². The van der Waals surface area contributed by atoms with Crippen LogP contribution in [0.15, 0.2) is 73.4 Å². The monoisotopic (exact) mass is 460 g/mol. The number of nitrogens with zero attached hydrogens (tertiary/aromatic N) is 3. The highest BCUT2D eigenvalue weighted by Crippen LogP contribution is 2.48. The van der Waals surface area contributed by atoms with Crippen LogP contribution in [0.2, 0.25) is 0 Å². The average molecular weight is 460 g/mol. The second-order valence-electron chi connectivity index (χ2n) is 7.70. The van der Waals surface area contributed by atoms with Crippen LogP contribution in [0.3, 0.4) is 0 Å². The molecule has 0 atom stereocenters. The van der Waals surface area contributed by atoms with Gasteiger partial charge in [0.05, 0.1) is 5.69 Å². The SMILES string of the molecule is C=CC(=O)Nc1ccc(Nc2nccc(N(C(=O)C3(C(N)=O)CC3)c3ccc(F)cc3)n2)cc1. The van der Waals surface area contributed by atoms with Crippen molar-refractivity contribution in [2.45, 2.75) is 12.8 Å². The molecule has 10 heteroatoms. The van der Waals surface area contributed by atoms with Crippen molar-refractivity contribution < 1.29 is 18.8 Å². The van der Waals surface area contributed by atoms with Crippen molar-refractivity contribution in [3.63, 3.8) is 0 Å². The van der Waals surface area contributed by atoms with E-state index in [1.807, 2.05) is 0 Å². The topological polar surface area (TPSA) is 130 Å². The lowest BCUT2D eigenvalue weighted by atomic mass is 10.0. The zero-order valence-corrected chi connectivity index (χ0v) is 18.0. The van der Waals surface area contributed by atoms with Gasteiger partial charge < -0.3 is 16.4 Å². The molecule has 4 rings (SSSR count). The van der Waals surface area contributed by atoms with Crippen molar-refractivity contribution in [2.75, 3.05) is 15.5 Å². The number of anilines is 5. The summed E-state index contributed by atoms with van der Waals surface area (Å²) < 4.78 is 13.5. The molecule has 34 heavy (non-hydrogen) atoms. The van der Waals surface area contributed by atoms with Crippen LogP contribution in [0, 0.1) is 11.2 Å². The van der Waals surface area contributed by atoms with E-state index in [0.29, 0.717) is 29.9 Å². The Morgan fingerprint density at radius 3 is 2.26 bits per heavy atom. The van der Waals surface area contributed by atoms with Gasteiger partial charge in [-0.3, -0.25) is 19.3 Å². The van der Waals surface area contributed by atoms with Gasteiger partial charge in [-0.05, 0) is 67.4 Å². The molecule has 1 aromatic heterocycles. The fourth-order valence-corrected chi connectivity index (χ4v) is 3.34. The number of nitrogens with one attached hydrogen (secondary N) is 2. The number of aromatic nitrogens is 2. The smallest absolute Gasteiger partial charge is 0.248 e. The summed E-state index contributed by atoms with van der Waals surface area (Å²) in [7, 11) is 0. The molecule has 0 aliphatic heterocycles. The molecule has 0 bridgehead atoms. The number of rotatable bonds is 8. The summed E-state index contributed by atoms with van der Waals surface area (Å²) in [6.07, 6.45) is 3.30. The quantitative estimate of drug-likeness (QED) is 0.349. The maximum absolute atomic E-state index is 13.5. The van der Waals surface area contributed by atoms with Crippen LogP contribution in [-0.4, -0.2) is 27.7 Å². The molecule has 1 aliphatic carbocycles. The van der Waals surface area contributed by atoms with E-state index in [1.165, 1.54) is 47.5 Å². The van der Waals surface area contributed by atoms with Gasteiger partial charge in [0.15, 0.2) is 0 Å². The van der Waals surface area contributed by atoms with Crippen LogP contribution in [-0.2, 0) is 14.4 Å². The number of primary amides is 1. The minimum Gasteiger partial charge on any atom is -0.369 e. The molecule has 2 aromatic carbocycles. The van der Waals surface area contributed by atoms with Crippen molar-refractivity contribution in [3.05, 3.63) is 79.3 Å². The largest absolute Gasteiger partial charge is 0.369 e. The van der Waals surface area contributed by atoms with Crippen molar-refractivity contribution in [1.82, 2.24) is 9.97 Å². The summed E-state index contributed by atoms with van der Waals surface area (Å²) in [4.78, 5) is 46.7. The summed E-state index contributed by atoms with van der Waals surface area (Å²) in [5.74, 6) is -1.66. The van der Waals surface area contributed by atoms with E-state index in [-0.39, 0.29) is 17.7 Å². The lowest BCUT2D eigenvalue weighted by Crippen LogP contribution is -2.41. The third-order valence-corrected chi connectivity index (χ3v) is 5.38. The van der Waals surface area contributed by atoms with Gasteiger partial charge >= 0.3 is 0 Å². The van der Waals surface area contributed by atoms with Crippen molar-refractivity contribution in [1.29, 1.82) is 0 Å². The Bertz CT molecular complexity index is 1260. The third-order valence-electron chi connectivity index (χ3n) is 5.38. The normalized spacial score (nSPS) is 13.4. The minimum absolute atomic E-state index is 0.184. The average Bonchev–Trinajstić information content (AvgIpc) is 3.64. The molecule has 1 fully saturated rings. The molecule has 1 saturated carbocycles. The first-order chi connectivity index (χ1) is 16.3. The first kappa shape index (κ1) is 22.6. The Morgan fingerprint density at radius 1 is 1.03 bits per heavy atom. The van der Waals surface area contributed by atoms with Crippen LogP contribution in [0.4, 0.5) is 33.2 Å². The van der Waals surface area contributed by atoms with Gasteiger partial charge in [-0.25, -0.2) is 9.37 Å². The Morgan fingerprint density at radius 2 is 1.68 bits per heavy atom. The number of amides is 3. The number of hydrogen-bond donors (Lipinski definition) is 3. The Labute approximate surface area is 194 Å². The van der Waals surface area contributed by atoms with Gasteiger partial charge in [0.25, 0.3) is 0 Å². The Kier molecular flexibility index (Phi) is 6.05. The number of carbonyl (C=O) groups excluding carboxylic acids is 3. The van der Waals surface area contributed by atoms with E-state index in [0.717, 1.165) is 0 Å². The van der Waals surface area contributed by atoms with E-state index >= 15 is 0 Å². The lowest BCUT2D eigenvalue weighted by Gasteiger charge is -2.25. The molecular formula is C24H21FN6O3. The molecular weight excluding hydrogens is 439 g/mol. The molecule has 172 valence electrons. The fraction of sp³-hybridized carbons (Fsp3) is 0.125. The minimum atomic E-state index is -1.31. The lowest BCUT2D eigenvalue weighted by molar-refractivity contribution is -0.133. The van der Waals surface area contributed by atoms with E-state index in [2.05, 4.69) is 27.2 Å². The van der Waals surface area contributed by atoms with Gasteiger partial charge in [-0.2, -0.15) is 4.98 Å². The summed E-state index contributed by atoms with van der Waals surface area (Å²) in [5, 5.41) is 5.67. The molecule has 0 unspecified atom stereocenters. The van der Waals surface area contributed by atoms with E-state index in [4.69, 9.17) is 5.73 Å². The van der Waals surface area contributed by atoms with Crippen molar-refractivity contribution in [3.8, 4) is 0 Å². The highest BCUT2D eigenvalue weighted by Gasteiger charge is 2.57. The van der Waals surface area contributed by atoms with Crippen LogP contribution in [0.25, 0.3) is 0 Å². The highest BCUT2D eigenvalue weighted by atomic mass is 19.1. The van der Waals surface area contributed by atoms with Gasteiger partial charge in [0.2, 0.25) is 23.7 Å². The Balaban J connectivity index is 1.63. The summed E-state index contributed by atoms with van der Waals surface area (Å²) in [6, 6.07) is 13.6. The maximum Gasteiger partial charge on any atom is 0.248 e. The second-order valence-corrected chi connectivity index (χ2v) is 7.70. The molecule has 1 heterocycles. The van der Waals surface area contributed by atoms with Crippen molar-refractivity contribution >= 4 is 46.5 Å². The van der Waals surface area contributed by atoms with E-state index < -0.39 is 23.0 Å². The zero-order valence-electron chi connectivity index (χ0n) is 18.0. The van der Waals surface area contributed by atoms with Crippen LogP contribution in [0.1, 0.15) is 12.8 Å². The first-order valence-corrected chi connectivity index (χ1v) is 10.4. The second kappa shape index (κ2) is 9.10. The molecule has 0 spiro atoms. The summed E-state index contributed by atoms with van der Waals surface area (Å²) in [5.41, 5.74) is 5.76. The highest BCUT2D eigenvalue weighted by molar-refractivity contribution is 6.16. The fourth-order valence-electron chi connectivity index (χ4n) is 3.34. The third kappa shape index (κ3) is 4.60. The van der Waals surface area contributed by atoms with E-state index in [9.17, 15) is 18.8 Å². The summed E-state index contributed by atoms with van der Waals surface area (Å²) in [6.45, 7) is 3.41. The van der Waals surface area contributed by atoms with Gasteiger partial charge in [0.1, 0.15) is 17.1 Å². The van der Waals surface area contributed by atoms with E-state index in [1.54, 1.807) is 24.3 Å². The molecule has 3 aromatic rings. The molecule has 0 radical (unpaired) electrons. The summed E-state index contributed by atoms with van der Waals surface area (Å²) >= 11 is 0. The maximum atomic E-state index is 13.5. The molecule has 3 amide bonds. The predicted octanol–water partition coefficient (Wildman–Crippen LogP) is 3.41. The predicted molar refractivity (Wildman–Crippen MR) is 125 cm³/mol. The van der Waals surface area contributed by atoms with Crippen LogP contribution in [0.5, 0.6) is 0 Å². The van der Waals surface area contributed by atoms with Gasteiger partial charge in [-0.15, -0.1) is 0 Å². The number of carbonyl (C=O) groups is 3. The molecule has 4 N–H and O–H groups in total. The number of nitrogens with two attached hydrogens (primary N) is 1. The standard InChI is InChI=1S/C24H21FN6O3/c1-2-20(32)28-16-5-7-17(8-6-16)29-23-27-14-11-19(30-23)31(18-9-3-15(25)4-10-18)22(34)24(12-13-24)21(26)33/h2-11,14H,1,12-13H2,(H2,26,33)(H,28,32)(H,27,29,30).